The maximum atomic E-state index is 13.7. The highest BCUT2D eigenvalue weighted by Crippen LogP contribution is 2.34. The van der Waals surface area contributed by atoms with Crippen LogP contribution in [0.25, 0.3) is 21.5 Å². The minimum absolute atomic E-state index is 0.691. The predicted octanol–water partition coefficient (Wildman–Crippen LogP) is 4.00. The summed E-state index contributed by atoms with van der Waals surface area (Å²) < 4.78 is 75.2. The molecule has 5 rings (SSSR count). The molecule has 0 aliphatic carbocycles. The van der Waals surface area contributed by atoms with Crippen molar-refractivity contribution in [2.75, 3.05) is 0 Å². The van der Waals surface area contributed by atoms with Crippen LogP contribution in [0.4, 0.5) is 13.2 Å². The molecule has 0 N–H and O–H groups in total. The second-order valence-corrected chi connectivity index (χ2v) is 14.0. The zero-order valence-electron chi connectivity index (χ0n) is 18.0. The van der Waals surface area contributed by atoms with Gasteiger partial charge in [0.1, 0.15) is 4.90 Å². The standard InChI is InChI=1S/C27H18F3IO3S/c28-27(29,30)23-15-5-6-18-26(23)35(32,33)34-31(24-16-7-11-19-9-1-3-13-21(19)24)25-17-8-12-20-10-2-4-14-22(20)25/h1-18H/q+1. The van der Waals surface area contributed by atoms with Gasteiger partial charge in [-0.3, -0.25) is 0 Å². The normalized spacial score (nSPS) is 12.5. The Morgan fingerprint density at radius 1 is 0.600 bits per heavy atom. The zero-order chi connectivity index (χ0) is 24.6. The van der Waals surface area contributed by atoms with Crippen molar-refractivity contribution in [2.24, 2.45) is 0 Å². The third-order valence-corrected chi connectivity index (χ3v) is 13.1. The molecule has 0 aromatic heterocycles. The molecule has 0 fully saturated rings. The van der Waals surface area contributed by atoms with Crippen molar-refractivity contribution >= 4 is 31.7 Å². The van der Waals surface area contributed by atoms with E-state index in [9.17, 15) is 21.6 Å². The molecule has 0 spiro atoms. The van der Waals surface area contributed by atoms with Crippen LogP contribution in [0, 0.1) is 7.14 Å². The molecule has 35 heavy (non-hydrogen) atoms. The van der Waals surface area contributed by atoms with Crippen LogP contribution in [0.15, 0.2) is 114 Å². The molecule has 1 radical (unpaired) electrons. The van der Waals surface area contributed by atoms with Crippen molar-refractivity contribution in [2.45, 2.75) is 11.1 Å². The zero-order valence-corrected chi connectivity index (χ0v) is 21.0. The highest BCUT2D eigenvalue weighted by atomic mass is 127. The molecular weight excluding hydrogens is 588 g/mol. The largest absolute Gasteiger partial charge is 0.417 e. The van der Waals surface area contributed by atoms with E-state index < -0.39 is 47.0 Å². The van der Waals surface area contributed by atoms with Gasteiger partial charge >= 0.3 is 36.5 Å². The van der Waals surface area contributed by atoms with Crippen molar-refractivity contribution in [1.82, 2.24) is 0 Å². The summed E-state index contributed by atoms with van der Waals surface area (Å²) in [7, 11) is -4.76. The second kappa shape index (κ2) is 9.25. The Kier molecular flexibility index (Phi) is 6.29. The van der Waals surface area contributed by atoms with Crippen LogP contribution < -0.4 is 20.2 Å². The summed E-state index contributed by atoms with van der Waals surface area (Å²) in [4.78, 5) is -0.879. The third kappa shape index (κ3) is 4.65. The van der Waals surface area contributed by atoms with Gasteiger partial charge in [-0.2, -0.15) is 21.6 Å². The van der Waals surface area contributed by atoms with E-state index in [0.717, 1.165) is 39.7 Å². The summed E-state index contributed by atoms with van der Waals surface area (Å²) in [5, 5.41) is 3.41. The molecule has 0 bridgehead atoms. The number of halogens is 4. The maximum absolute atomic E-state index is 13.7. The lowest BCUT2D eigenvalue weighted by atomic mass is 10.1. The van der Waals surface area contributed by atoms with Crippen molar-refractivity contribution in [3.8, 4) is 0 Å². The highest BCUT2D eigenvalue weighted by Gasteiger charge is 2.44. The van der Waals surface area contributed by atoms with Crippen molar-refractivity contribution in [1.29, 1.82) is 0 Å². The van der Waals surface area contributed by atoms with E-state index in [-0.39, 0.29) is 0 Å². The Morgan fingerprint density at radius 2 is 1.06 bits per heavy atom. The van der Waals surface area contributed by atoms with E-state index >= 15 is 0 Å². The van der Waals surface area contributed by atoms with E-state index in [2.05, 4.69) is 0 Å². The number of rotatable bonds is 5. The number of hydrogen-bond acceptors (Lipinski definition) is 3. The number of alkyl halides is 3. The molecule has 3 nitrogen and oxygen atoms in total. The fraction of sp³-hybridized carbons (Fsp3) is 0.0370. The monoisotopic (exact) mass is 606 g/mol. The molecule has 0 heterocycles. The fourth-order valence-electron chi connectivity index (χ4n) is 3.88. The first kappa shape index (κ1) is 23.8. The summed E-state index contributed by atoms with van der Waals surface area (Å²) in [6.07, 6.45) is -4.84. The van der Waals surface area contributed by atoms with E-state index in [1.54, 1.807) is 12.1 Å². The lowest BCUT2D eigenvalue weighted by Gasteiger charge is -2.13. The summed E-state index contributed by atoms with van der Waals surface area (Å²) in [5.41, 5.74) is -1.24. The van der Waals surface area contributed by atoms with Crippen LogP contribution >= 0.6 is 0 Å². The predicted molar refractivity (Wildman–Crippen MR) is 125 cm³/mol. The quantitative estimate of drug-likeness (QED) is 0.285. The van der Waals surface area contributed by atoms with E-state index in [1.807, 2.05) is 72.8 Å². The highest BCUT2D eigenvalue weighted by molar-refractivity contribution is 7.86. The van der Waals surface area contributed by atoms with Crippen LogP contribution in [0.2, 0.25) is 0 Å². The molecule has 0 aliphatic rings. The van der Waals surface area contributed by atoms with Crippen molar-refractivity contribution in [3.05, 3.63) is 122 Å². The molecule has 0 amide bonds. The van der Waals surface area contributed by atoms with E-state index in [4.69, 9.17) is 2.51 Å². The second-order valence-electron chi connectivity index (χ2n) is 7.68. The molecule has 5 aromatic carbocycles. The minimum atomic E-state index is -4.84. The van der Waals surface area contributed by atoms with Gasteiger partial charge in [0.25, 0.3) is 0 Å². The Hall–Kier alpha value is -2.95. The third-order valence-electron chi connectivity index (χ3n) is 5.45. The van der Waals surface area contributed by atoms with E-state index in [1.165, 1.54) is 6.07 Å². The van der Waals surface area contributed by atoms with Crippen molar-refractivity contribution < 1.29 is 44.3 Å². The van der Waals surface area contributed by atoms with Crippen LogP contribution in [-0.4, -0.2) is 8.42 Å². The molecule has 8 heteroatoms. The molecule has 177 valence electrons. The summed E-state index contributed by atoms with van der Waals surface area (Å²) in [6.45, 7) is 0. The first-order valence-electron chi connectivity index (χ1n) is 10.5. The topological polar surface area (TPSA) is 43.4 Å². The SMILES string of the molecule is O=S(=O)(O[I+](c1cccc2ccccc12)c1cccc2ccccc12)c1ccccc1C(F)(F)F. The molecule has 0 atom stereocenters. The Morgan fingerprint density at radius 3 is 1.60 bits per heavy atom. The maximum Gasteiger partial charge on any atom is 0.417 e. The Balaban J connectivity index is 1.75. The number of hydrogen-bond donors (Lipinski definition) is 0. The Labute approximate surface area is 208 Å². The van der Waals surface area contributed by atoms with Crippen LogP contribution in [0.1, 0.15) is 5.56 Å². The van der Waals surface area contributed by atoms with Crippen LogP contribution in [-0.2, 0) is 18.8 Å². The van der Waals surface area contributed by atoms with Gasteiger partial charge in [0.2, 0.25) is 0 Å². The lowest BCUT2D eigenvalue weighted by Crippen LogP contribution is -3.85. The molecule has 0 saturated carbocycles. The Bertz CT molecular complexity index is 1560. The first-order valence-corrected chi connectivity index (χ1v) is 15.0. The molecule has 5 aromatic rings. The summed E-state index contributed by atoms with van der Waals surface area (Å²) in [6, 6.07) is 30.2. The fourth-order valence-corrected chi connectivity index (χ4v) is 11.8. The van der Waals surface area contributed by atoms with Gasteiger partial charge in [-0.1, -0.05) is 72.8 Å². The molecule has 0 unspecified atom stereocenters. The van der Waals surface area contributed by atoms with E-state index in [0.29, 0.717) is 7.14 Å². The lowest BCUT2D eigenvalue weighted by molar-refractivity contribution is -1.03. The average Bonchev–Trinajstić information content (AvgIpc) is 2.86. The number of benzene rings is 5. The van der Waals surface area contributed by atoms with Crippen LogP contribution in [0.3, 0.4) is 0 Å². The van der Waals surface area contributed by atoms with Gasteiger partial charge in [-0.05, 0) is 49.7 Å². The van der Waals surface area contributed by atoms with Gasteiger partial charge in [0.15, 0.2) is 7.14 Å². The average molecular weight is 606 g/mol. The smallest absolute Gasteiger partial charge is 0.190 e. The van der Waals surface area contributed by atoms with Crippen molar-refractivity contribution in [3.63, 3.8) is 0 Å². The molecule has 0 aliphatic heterocycles. The van der Waals surface area contributed by atoms with Gasteiger partial charge in [-0.25, -0.2) is 0 Å². The van der Waals surface area contributed by atoms with Gasteiger partial charge in [0, 0.05) is 10.8 Å². The molecular formula is C27H18F3IO3S+. The summed E-state index contributed by atoms with van der Waals surface area (Å²) >= 11 is -3.32. The van der Waals surface area contributed by atoms with Gasteiger partial charge < -0.3 is 0 Å². The van der Waals surface area contributed by atoms with Gasteiger partial charge in [-0.15, -0.1) is 0 Å². The number of fused-ring (bicyclic) bond motifs is 2. The van der Waals surface area contributed by atoms with Gasteiger partial charge in [0.05, 0.1) is 5.56 Å². The molecule has 0 saturated heterocycles. The van der Waals surface area contributed by atoms with Crippen LogP contribution in [0.5, 0.6) is 0 Å². The minimum Gasteiger partial charge on any atom is -0.190 e. The first-order chi connectivity index (χ1) is 16.8. The summed E-state index contributed by atoms with van der Waals surface area (Å²) in [5.74, 6) is 0.